The fourth-order valence-corrected chi connectivity index (χ4v) is 3.70. The molecule has 2 N–H and O–H groups in total. The molecule has 0 saturated heterocycles. The molecule has 2 aromatic rings. The Labute approximate surface area is 151 Å². The SMILES string of the molecule is Cc1csc(CNC(=O)CS(=O)(=O)Nc2ccc(OC(C)C)cc2)n1. The summed E-state index contributed by atoms with van der Waals surface area (Å²) in [5.41, 5.74) is 1.24. The zero-order valence-corrected chi connectivity index (χ0v) is 15.9. The van der Waals surface area contributed by atoms with Crippen molar-refractivity contribution in [2.75, 3.05) is 10.5 Å². The predicted octanol–water partition coefficient (Wildman–Crippen LogP) is 2.30. The Morgan fingerprint density at radius 2 is 1.96 bits per heavy atom. The number of anilines is 1. The molecule has 0 atom stereocenters. The van der Waals surface area contributed by atoms with E-state index in [9.17, 15) is 13.2 Å². The summed E-state index contributed by atoms with van der Waals surface area (Å²) in [5.74, 6) is -0.587. The molecule has 0 unspecified atom stereocenters. The summed E-state index contributed by atoms with van der Waals surface area (Å²) >= 11 is 1.41. The summed E-state index contributed by atoms with van der Waals surface area (Å²) in [6.07, 6.45) is 0.0351. The highest BCUT2D eigenvalue weighted by Gasteiger charge is 2.17. The second-order valence-electron chi connectivity index (χ2n) is 5.71. The van der Waals surface area contributed by atoms with E-state index in [4.69, 9.17) is 4.74 Å². The number of benzene rings is 1. The van der Waals surface area contributed by atoms with Gasteiger partial charge in [0.25, 0.3) is 0 Å². The molecule has 0 saturated carbocycles. The number of carbonyl (C=O) groups is 1. The Balaban J connectivity index is 1.86. The van der Waals surface area contributed by atoms with Gasteiger partial charge in [-0.15, -0.1) is 11.3 Å². The van der Waals surface area contributed by atoms with Crippen molar-refractivity contribution in [1.82, 2.24) is 10.3 Å². The van der Waals surface area contributed by atoms with Gasteiger partial charge in [-0.2, -0.15) is 0 Å². The first kappa shape index (κ1) is 19.2. The zero-order valence-electron chi connectivity index (χ0n) is 14.3. The first-order valence-electron chi connectivity index (χ1n) is 7.68. The maximum Gasteiger partial charge on any atom is 0.241 e. The molecule has 7 nitrogen and oxygen atoms in total. The normalized spacial score (nSPS) is 11.4. The summed E-state index contributed by atoms with van der Waals surface area (Å²) < 4.78 is 32.0. The van der Waals surface area contributed by atoms with Crippen LogP contribution in [0.5, 0.6) is 5.75 Å². The van der Waals surface area contributed by atoms with E-state index in [2.05, 4.69) is 15.0 Å². The fourth-order valence-electron chi connectivity index (χ4n) is 1.97. The standard InChI is InChI=1S/C16H21N3O4S2/c1-11(2)23-14-6-4-13(5-7-14)19-25(21,22)10-15(20)17-8-16-18-12(3)9-24-16/h4-7,9,11,19H,8,10H2,1-3H3,(H,17,20). The number of carbonyl (C=O) groups excluding carboxylic acids is 1. The molecule has 1 heterocycles. The van der Waals surface area contributed by atoms with Gasteiger partial charge in [-0.3, -0.25) is 9.52 Å². The molecule has 2 rings (SSSR count). The van der Waals surface area contributed by atoms with Gasteiger partial charge in [0.2, 0.25) is 15.9 Å². The number of thiazole rings is 1. The number of nitrogens with one attached hydrogen (secondary N) is 2. The van der Waals surface area contributed by atoms with Crippen molar-refractivity contribution in [1.29, 1.82) is 0 Å². The van der Waals surface area contributed by atoms with Gasteiger partial charge >= 0.3 is 0 Å². The monoisotopic (exact) mass is 383 g/mol. The van der Waals surface area contributed by atoms with E-state index >= 15 is 0 Å². The number of amides is 1. The third kappa shape index (κ3) is 6.71. The van der Waals surface area contributed by atoms with Gasteiger partial charge in [0.05, 0.1) is 12.6 Å². The summed E-state index contributed by atoms with van der Waals surface area (Å²) in [6.45, 7) is 5.88. The molecule has 1 amide bonds. The summed E-state index contributed by atoms with van der Waals surface area (Å²) in [4.78, 5) is 16.0. The molecule has 1 aromatic heterocycles. The topological polar surface area (TPSA) is 97.4 Å². The van der Waals surface area contributed by atoms with E-state index in [-0.39, 0.29) is 12.6 Å². The number of rotatable bonds is 8. The zero-order chi connectivity index (χ0) is 18.4. The molecule has 9 heteroatoms. The third-order valence-electron chi connectivity index (χ3n) is 2.92. The Kier molecular flexibility index (Phi) is 6.38. The molecule has 1 aromatic carbocycles. The van der Waals surface area contributed by atoms with Gasteiger partial charge in [0.15, 0.2) is 0 Å². The van der Waals surface area contributed by atoms with Gasteiger partial charge in [-0.1, -0.05) is 0 Å². The first-order chi connectivity index (χ1) is 11.7. The van der Waals surface area contributed by atoms with Crippen molar-refractivity contribution in [2.45, 2.75) is 33.4 Å². The molecule has 0 bridgehead atoms. The molecule has 0 radical (unpaired) electrons. The van der Waals surface area contributed by atoms with Crippen molar-refractivity contribution in [3.63, 3.8) is 0 Å². The number of aromatic nitrogens is 1. The summed E-state index contributed by atoms with van der Waals surface area (Å²) in [6, 6.07) is 6.52. The number of sulfonamides is 1. The van der Waals surface area contributed by atoms with Crippen LogP contribution in [0.1, 0.15) is 24.5 Å². The van der Waals surface area contributed by atoms with Crippen LogP contribution in [0, 0.1) is 6.92 Å². The van der Waals surface area contributed by atoms with Crippen molar-refractivity contribution in [3.05, 3.63) is 40.3 Å². The van der Waals surface area contributed by atoms with Crippen LogP contribution in [0.15, 0.2) is 29.6 Å². The highest BCUT2D eigenvalue weighted by molar-refractivity contribution is 7.93. The second kappa shape index (κ2) is 8.30. The molecular formula is C16H21N3O4S2. The Bertz CT molecular complexity index is 814. The number of nitrogens with zero attached hydrogens (tertiary/aromatic N) is 1. The van der Waals surface area contributed by atoms with E-state index in [1.54, 1.807) is 24.3 Å². The lowest BCUT2D eigenvalue weighted by Crippen LogP contribution is -2.32. The van der Waals surface area contributed by atoms with Crippen molar-refractivity contribution in [2.24, 2.45) is 0 Å². The minimum Gasteiger partial charge on any atom is -0.491 e. The highest BCUT2D eigenvalue weighted by atomic mass is 32.2. The minimum absolute atomic E-state index is 0.0351. The molecule has 0 aliphatic carbocycles. The van der Waals surface area contributed by atoms with Gasteiger partial charge < -0.3 is 10.1 Å². The predicted molar refractivity (Wildman–Crippen MR) is 98.3 cm³/mol. The third-order valence-corrected chi connectivity index (χ3v) is 5.08. The average molecular weight is 383 g/mol. The van der Waals surface area contributed by atoms with E-state index < -0.39 is 21.7 Å². The molecule has 25 heavy (non-hydrogen) atoms. The Morgan fingerprint density at radius 3 is 2.52 bits per heavy atom. The van der Waals surface area contributed by atoms with Gasteiger partial charge in [0, 0.05) is 16.8 Å². The fraction of sp³-hybridized carbons (Fsp3) is 0.375. The van der Waals surface area contributed by atoms with Crippen LogP contribution in [-0.2, 0) is 21.4 Å². The smallest absolute Gasteiger partial charge is 0.241 e. The van der Waals surface area contributed by atoms with Gasteiger partial charge in [-0.05, 0) is 45.0 Å². The van der Waals surface area contributed by atoms with Gasteiger partial charge in [-0.25, -0.2) is 13.4 Å². The minimum atomic E-state index is -3.79. The van der Waals surface area contributed by atoms with Crippen molar-refractivity contribution < 1.29 is 17.9 Å². The summed E-state index contributed by atoms with van der Waals surface area (Å²) in [5, 5.41) is 5.16. The lowest BCUT2D eigenvalue weighted by Gasteiger charge is -2.11. The van der Waals surface area contributed by atoms with E-state index in [1.165, 1.54) is 11.3 Å². The van der Waals surface area contributed by atoms with E-state index in [0.717, 1.165) is 10.7 Å². The van der Waals surface area contributed by atoms with E-state index in [0.29, 0.717) is 11.4 Å². The summed E-state index contributed by atoms with van der Waals surface area (Å²) in [7, 11) is -3.79. The highest BCUT2D eigenvalue weighted by Crippen LogP contribution is 2.18. The first-order valence-corrected chi connectivity index (χ1v) is 10.2. The number of hydrogen-bond donors (Lipinski definition) is 2. The van der Waals surface area contributed by atoms with Crippen LogP contribution in [-0.4, -0.2) is 31.2 Å². The lowest BCUT2D eigenvalue weighted by atomic mass is 10.3. The second-order valence-corrected chi connectivity index (χ2v) is 8.38. The Hall–Kier alpha value is -2.13. The quantitative estimate of drug-likeness (QED) is 0.729. The van der Waals surface area contributed by atoms with E-state index in [1.807, 2.05) is 26.2 Å². The maximum absolute atomic E-state index is 12.1. The van der Waals surface area contributed by atoms with Crippen LogP contribution in [0.25, 0.3) is 0 Å². The van der Waals surface area contributed by atoms with Crippen LogP contribution >= 0.6 is 11.3 Å². The molecular weight excluding hydrogens is 362 g/mol. The van der Waals surface area contributed by atoms with Crippen molar-refractivity contribution in [3.8, 4) is 5.75 Å². The molecule has 0 aliphatic heterocycles. The Morgan fingerprint density at radius 1 is 1.28 bits per heavy atom. The molecule has 0 spiro atoms. The molecule has 0 fully saturated rings. The van der Waals surface area contributed by atoms with Crippen molar-refractivity contribution >= 4 is 33.0 Å². The van der Waals surface area contributed by atoms with Gasteiger partial charge in [0.1, 0.15) is 16.5 Å². The van der Waals surface area contributed by atoms with Crippen LogP contribution in [0.2, 0.25) is 0 Å². The maximum atomic E-state index is 12.1. The molecule has 136 valence electrons. The number of hydrogen-bond acceptors (Lipinski definition) is 6. The number of ether oxygens (including phenoxy) is 1. The molecule has 0 aliphatic rings. The van der Waals surface area contributed by atoms with Crippen LogP contribution < -0.4 is 14.8 Å². The van der Waals surface area contributed by atoms with Crippen LogP contribution in [0.4, 0.5) is 5.69 Å². The average Bonchev–Trinajstić information content (AvgIpc) is 2.91. The number of aryl methyl sites for hydroxylation is 1. The largest absolute Gasteiger partial charge is 0.491 e. The van der Waals surface area contributed by atoms with Crippen LogP contribution in [0.3, 0.4) is 0 Å². The lowest BCUT2D eigenvalue weighted by molar-refractivity contribution is -0.118.